The molecule has 140 valence electrons. The fourth-order valence-corrected chi connectivity index (χ4v) is 3.78. The number of hydrogen-bond donors (Lipinski definition) is 1. The van der Waals surface area contributed by atoms with Crippen LogP contribution >= 0.6 is 11.8 Å². The zero-order valence-electron chi connectivity index (χ0n) is 15.4. The molecular formula is C19H26N4O2S. The minimum Gasteiger partial charge on any atom is -0.376 e. The predicted molar refractivity (Wildman–Crippen MR) is 102 cm³/mol. The van der Waals surface area contributed by atoms with Gasteiger partial charge >= 0.3 is 0 Å². The molecule has 1 atom stereocenters. The largest absolute Gasteiger partial charge is 0.376 e. The Morgan fingerprint density at radius 2 is 2.15 bits per heavy atom. The van der Waals surface area contributed by atoms with E-state index in [9.17, 15) is 4.79 Å². The van der Waals surface area contributed by atoms with Crippen LogP contribution in [0.1, 0.15) is 38.1 Å². The van der Waals surface area contributed by atoms with E-state index in [-0.39, 0.29) is 18.1 Å². The number of ether oxygens (including phenoxy) is 1. The number of aromatic nitrogens is 3. The highest BCUT2D eigenvalue weighted by Gasteiger charge is 2.21. The van der Waals surface area contributed by atoms with Crippen LogP contribution in [0.15, 0.2) is 35.5 Å². The van der Waals surface area contributed by atoms with Crippen molar-refractivity contribution >= 4 is 17.7 Å². The van der Waals surface area contributed by atoms with Crippen LogP contribution in [0.25, 0.3) is 0 Å². The van der Waals surface area contributed by atoms with E-state index in [4.69, 9.17) is 4.74 Å². The first-order chi connectivity index (χ1) is 12.6. The van der Waals surface area contributed by atoms with Crippen LogP contribution in [0.4, 0.5) is 0 Å². The summed E-state index contributed by atoms with van der Waals surface area (Å²) in [5.74, 6) is 1.27. The molecule has 6 nitrogen and oxygen atoms in total. The maximum absolute atomic E-state index is 12.0. The van der Waals surface area contributed by atoms with E-state index in [1.165, 1.54) is 17.3 Å². The van der Waals surface area contributed by atoms with E-state index in [1.54, 1.807) is 0 Å². The number of nitrogens with zero attached hydrogens (tertiary/aromatic N) is 3. The molecule has 1 amide bonds. The SMILES string of the molecule is CC(C)NC(=O)CSc1nnc(Cc2ccccc2)n1C[C@H]1CCCO1. The molecule has 1 aliphatic rings. The van der Waals surface area contributed by atoms with Crippen LogP contribution < -0.4 is 5.32 Å². The van der Waals surface area contributed by atoms with E-state index in [0.717, 1.165) is 43.4 Å². The van der Waals surface area contributed by atoms with Gasteiger partial charge in [0, 0.05) is 19.1 Å². The quantitative estimate of drug-likeness (QED) is 0.720. The lowest BCUT2D eigenvalue weighted by atomic mass is 10.1. The van der Waals surface area contributed by atoms with Gasteiger partial charge in [0.2, 0.25) is 5.91 Å². The van der Waals surface area contributed by atoms with Gasteiger partial charge < -0.3 is 14.6 Å². The Morgan fingerprint density at radius 3 is 2.85 bits per heavy atom. The van der Waals surface area contributed by atoms with Crippen molar-refractivity contribution in [1.82, 2.24) is 20.1 Å². The third kappa shape index (κ3) is 5.32. The zero-order valence-corrected chi connectivity index (χ0v) is 16.2. The Balaban J connectivity index is 1.73. The van der Waals surface area contributed by atoms with E-state index < -0.39 is 0 Å². The third-order valence-corrected chi connectivity index (χ3v) is 5.16. The van der Waals surface area contributed by atoms with Crippen LogP contribution in [-0.2, 0) is 22.5 Å². The molecule has 1 aromatic heterocycles. The van der Waals surface area contributed by atoms with E-state index in [1.807, 2.05) is 32.0 Å². The first-order valence-electron chi connectivity index (χ1n) is 9.11. The van der Waals surface area contributed by atoms with Gasteiger partial charge in [0.25, 0.3) is 0 Å². The molecule has 0 spiro atoms. The molecule has 1 aliphatic heterocycles. The Hall–Kier alpha value is -1.86. The molecule has 1 N–H and O–H groups in total. The number of rotatable bonds is 8. The molecule has 0 unspecified atom stereocenters. The lowest BCUT2D eigenvalue weighted by Crippen LogP contribution is -2.31. The molecular weight excluding hydrogens is 348 g/mol. The van der Waals surface area contributed by atoms with Gasteiger partial charge in [0.1, 0.15) is 5.82 Å². The third-order valence-electron chi connectivity index (χ3n) is 4.19. The van der Waals surface area contributed by atoms with Crippen LogP contribution in [0.5, 0.6) is 0 Å². The Morgan fingerprint density at radius 1 is 1.35 bits per heavy atom. The Labute approximate surface area is 158 Å². The number of amides is 1. The van der Waals surface area contributed by atoms with Crippen molar-refractivity contribution in [2.24, 2.45) is 0 Å². The van der Waals surface area contributed by atoms with Gasteiger partial charge in [-0.15, -0.1) is 10.2 Å². The fraction of sp³-hybridized carbons (Fsp3) is 0.526. The van der Waals surface area contributed by atoms with Gasteiger partial charge in [-0.05, 0) is 32.3 Å². The maximum Gasteiger partial charge on any atom is 0.230 e. The highest BCUT2D eigenvalue weighted by molar-refractivity contribution is 7.99. The number of thioether (sulfide) groups is 1. The number of nitrogens with one attached hydrogen (secondary N) is 1. The minimum atomic E-state index is 0.0151. The normalized spacial score (nSPS) is 17.0. The number of carbonyl (C=O) groups excluding carboxylic acids is 1. The zero-order chi connectivity index (χ0) is 18.4. The van der Waals surface area contributed by atoms with Crippen molar-refractivity contribution in [3.05, 3.63) is 41.7 Å². The predicted octanol–water partition coefficient (Wildman–Crippen LogP) is 2.66. The van der Waals surface area contributed by atoms with E-state index in [2.05, 4.69) is 32.2 Å². The smallest absolute Gasteiger partial charge is 0.230 e. The lowest BCUT2D eigenvalue weighted by Gasteiger charge is -2.15. The van der Waals surface area contributed by atoms with Gasteiger partial charge in [-0.25, -0.2) is 0 Å². The number of hydrogen-bond acceptors (Lipinski definition) is 5. The van der Waals surface area contributed by atoms with Crippen LogP contribution in [0.3, 0.4) is 0 Å². The molecule has 0 saturated carbocycles. The second-order valence-corrected chi connectivity index (χ2v) is 7.76. The van der Waals surface area contributed by atoms with Crippen molar-refractivity contribution < 1.29 is 9.53 Å². The Kier molecular flexibility index (Phi) is 6.68. The average Bonchev–Trinajstić information content (AvgIpc) is 3.25. The highest BCUT2D eigenvalue weighted by Crippen LogP contribution is 2.22. The van der Waals surface area contributed by atoms with Crippen LogP contribution in [0.2, 0.25) is 0 Å². The second kappa shape index (κ2) is 9.19. The van der Waals surface area contributed by atoms with Crippen molar-refractivity contribution in [3.63, 3.8) is 0 Å². The lowest BCUT2D eigenvalue weighted by molar-refractivity contribution is -0.119. The molecule has 2 aromatic rings. The monoisotopic (exact) mass is 374 g/mol. The topological polar surface area (TPSA) is 69.0 Å². The van der Waals surface area contributed by atoms with E-state index in [0.29, 0.717) is 5.75 Å². The summed E-state index contributed by atoms with van der Waals surface area (Å²) in [5.41, 5.74) is 1.20. The molecule has 1 aromatic carbocycles. The van der Waals surface area contributed by atoms with Gasteiger partial charge in [0.15, 0.2) is 5.16 Å². The highest BCUT2D eigenvalue weighted by atomic mass is 32.2. The van der Waals surface area contributed by atoms with Gasteiger partial charge in [-0.2, -0.15) is 0 Å². The van der Waals surface area contributed by atoms with Gasteiger partial charge in [-0.3, -0.25) is 4.79 Å². The van der Waals surface area contributed by atoms with Crippen molar-refractivity contribution in [2.45, 2.75) is 57.0 Å². The summed E-state index contributed by atoms with van der Waals surface area (Å²) >= 11 is 1.43. The molecule has 0 bridgehead atoms. The molecule has 3 rings (SSSR count). The summed E-state index contributed by atoms with van der Waals surface area (Å²) in [6.07, 6.45) is 3.07. The minimum absolute atomic E-state index is 0.0151. The number of carbonyl (C=O) groups is 1. The summed E-state index contributed by atoms with van der Waals surface area (Å²) in [6, 6.07) is 10.4. The molecule has 1 saturated heterocycles. The first-order valence-corrected chi connectivity index (χ1v) is 10.1. The van der Waals surface area contributed by atoms with Crippen LogP contribution in [0, 0.1) is 0 Å². The first kappa shape index (κ1) is 18.9. The molecule has 7 heteroatoms. The average molecular weight is 375 g/mol. The van der Waals surface area contributed by atoms with Crippen molar-refractivity contribution in [2.75, 3.05) is 12.4 Å². The molecule has 26 heavy (non-hydrogen) atoms. The van der Waals surface area contributed by atoms with Gasteiger partial charge in [0.05, 0.1) is 18.4 Å². The van der Waals surface area contributed by atoms with Crippen molar-refractivity contribution in [1.29, 1.82) is 0 Å². The number of benzene rings is 1. The van der Waals surface area contributed by atoms with Crippen LogP contribution in [-0.4, -0.2) is 45.2 Å². The molecule has 0 aliphatic carbocycles. The summed E-state index contributed by atoms with van der Waals surface area (Å²) in [4.78, 5) is 12.0. The molecule has 0 radical (unpaired) electrons. The van der Waals surface area contributed by atoms with E-state index >= 15 is 0 Å². The summed E-state index contributed by atoms with van der Waals surface area (Å²) < 4.78 is 7.92. The van der Waals surface area contributed by atoms with Crippen molar-refractivity contribution in [3.8, 4) is 0 Å². The maximum atomic E-state index is 12.0. The molecule has 2 heterocycles. The fourth-order valence-electron chi connectivity index (χ4n) is 3.00. The summed E-state index contributed by atoms with van der Waals surface area (Å²) in [6.45, 7) is 5.48. The Bertz CT molecular complexity index is 712. The van der Waals surface area contributed by atoms with Gasteiger partial charge in [-0.1, -0.05) is 42.1 Å². The standard InChI is InChI=1S/C19H26N4O2S/c1-14(2)20-18(24)13-26-19-22-21-17(11-15-7-4-3-5-8-15)23(19)12-16-9-6-10-25-16/h3-5,7-8,14,16H,6,9-13H2,1-2H3,(H,20,24)/t16-/m1/s1. The molecule has 1 fully saturated rings. The summed E-state index contributed by atoms with van der Waals surface area (Å²) in [5, 5.41) is 12.4. The summed E-state index contributed by atoms with van der Waals surface area (Å²) in [7, 11) is 0. The second-order valence-electron chi connectivity index (χ2n) is 6.82.